The van der Waals surface area contributed by atoms with Crippen LogP contribution in [0.3, 0.4) is 0 Å². The molecule has 17 heavy (non-hydrogen) atoms. The number of aromatic nitrogens is 3. The van der Waals surface area contributed by atoms with Crippen molar-refractivity contribution in [2.24, 2.45) is 0 Å². The Bertz CT molecular complexity index is 508. The van der Waals surface area contributed by atoms with Gasteiger partial charge in [0.15, 0.2) is 5.15 Å². The first-order chi connectivity index (χ1) is 8.33. The molecular formula is C11H10ClN3OS. The summed E-state index contributed by atoms with van der Waals surface area (Å²) in [4.78, 5) is 4.54. The molecule has 1 aliphatic heterocycles. The zero-order chi connectivity index (χ0) is 11.7. The maximum Gasteiger partial charge on any atom is 0.151 e. The van der Waals surface area contributed by atoms with Gasteiger partial charge in [-0.1, -0.05) is 11.6 Å². The Hall–Kier alpha value is -1.04. The third-order valence-electron chi connectivity index (χ3n) is 2.62. The van der Waals surface area contributed by atoms with Crippen LogP contribution >= 0.6 is 22.9 Å². The van der Waals surface area contributed by atoms with E-state index in [1.807, 2.05) is 11.4 Å². The molecule has 1 atom stereocenters. The summed E-state index contributed by atoms with van der Waals surface area (Å²) < 4.78 is 5.60. The number of hydrogen-bond donors (Lipinski definition) is 0. The SMILES string of the molecule is Clc1ccc(-c2csc(C3CCCO3)n2)nn1. The summed E-state index contributed by atoms with van der Waals surface area (Å²) in [6, 6.07) is 3.54. The van der Waals surface area contributed by atoms with Gasteiger partial charge in [0.1, 0.15) is 22.5 Å². The summed E-state index contributed by atoms with van der Waals surface area (Å²) >= 11 is 7.31. The highest BCUT2D eigenvalue weighted by atomic mass is 35.5. The van der Waals surface area contributed by atoms with E-state index in [0.717, 1.165) is 35.8 Å². The van der Waals surface area contributed by atoms with E-state index in [-0.39, 0.29) is 6.10 Å². The third kappa shape index (κ3) is 2.31. The van der Waals surface area contributed by atoms with Crippen molar-refractivity contribution in [1.29, 1.82) is 0 Å². The molecule has 6 heteroatoms. The van der Waals surface area contributed by atoms with Crippen LogP contribution in [0.25, 0.3) is 11.4 Å². The lowest BCUT2D eigenvalue weighted by Crippen LogP contribution is -1.95. The van der Waals surface area contributed by atoms with Crippen LogP contribution < -0.4 is 0 Å². The molecule has 3 rings (SSSR count). The summed E-state index contributed by atoms with van der Waals surface area (Å²) in [7, 11) is 0. The van der Waals surface area contributed by atoms with Gasteiger partial charge in [0.25, 0.3) is 0 Å². The van der Waals surface area contributed by atoms with Crippen molar-refractivity contribution >= 4 is 22.9 Å². The van der Waals surface area contributed by atoms with Crippen molar-refractivity contribution in [2.45, 2.75) is 18.9 Å². The van der Waals surface area contributed by atoms with E-state index in [9.17, 15) is 0 Å². The monoisotopic (exact) mass is 267 g/mol. The summed E-state index contributed by atoms with van der Waals surface area (Å²) in [6.07, 6.45) is 2.33. The molecule has 1 aliphatic rings. The van der Waals surface area contributed by atoms with Crippen molar-refractivity contribution < 1.29 is 4.74 Å². The van der Waals surface area contributed by atoms with Crippen molar-refractivity contribution in [3.8, 4) is 11.4 Å². The Kier molecular flexibility index (Phi) is 3.05. The molecule has 88 valence electrons. The van der Waals surface area contributed by atoms with Gasteiger partial charge in [-0.2, -0.15) is 0 Å². The van der Waals surface area contributed by atoms with Gasteiger partial charge in [0.05, 0.1) is 0 Å². The minimum Gasteiger partial charge on any atom is -0.371 e. The molecule has 4 nitrogen and oxygen atoms in total. The second-order valence-corrected chi connectivity index (χ2v) is 5.09. The van der Waals surface area contributed by atoms with E-state index < -0.39 is 0 Å². The van der Waals surface area contributed by atoms with Crippen LogP contribution in [0.15, 0.2) is 17.5 Å². The fourth-order valence-electron chi connectivity index (χ4n) is 1.78. The number of nitrogens with zero attached hydrogens (tertiary/aromatic N) is 3. The molecule has 1 saturated heterocycles. The summed E-state index contributed by atoms with van der Waals surface area (Å²) in [5.74, 6) is 0. The summed E-state index contributed by atoms with van der Waals surface area (Å²) in [5.41, 5.74) is 1.58. The summed E-state index contributed by atoms with van der Waals surface area (Å²) in [5, 5.41) is 11.2. The molecule has 0 bridgehead atoms. The maximum atomic E-state index is 5.70. The average molecular weight is 268 g/mol. The molecule has 0 spiro atoms. The quantitative estimate of drug-likeness (QED) is 0.839. The number of hydrogen-bond acceptors (Lipinski definition) is 5. The van der Waals surface area contributed by atoms with E-state index in [2.05, 4.69) is 15.2 Å². The number of halogens is 1. The molecular weight excluding hydrogens is 258 g/mol. The number of ether oxygens (including phenoxy) is 1. The number of thiazole rings is 1. The van der Waals surface area contributed by atoms with Crippen LogP contribution in [-0.2, 0) is 4.74 Å². The van der Waals surface area contributed by atoms with Gasteiger partial charge >= 0.3 is 0 Å². The van der Waals surface area contributed by atoms with E-state index in [1.54, 1.807) is 17.4 Å². The molecule has 2 aromatic heterocycles. The second kappa shape index (κ2) is 4.68. The van der Waals surface area contributed by atoms with Crippen molar-refractivity contribution in [3.05, 3.63) is 27.7 Å². The first kappa shape index (κ1) is 11.1. The van der Waals surface area contributed by atoms with Crippen LogP contribution in [0.2, 0.25) is 5.15 Å². The Morgan fingerprint density at radius 1 is 1.29 bits per heavy atom. The molecule has 0 aromatic carbocycles. The minimum atomic E-state index is 0.161. The molecule has 0 radical (unpaired) electrons. The molecule has 0 N–H and O–H groups in total. The first-order valence-corrected chi connectivity index (χ1v) is 6.65. The Morgan fingerprint density at radius 3 is 2.94 bits per heavy atom. The highest BCUT2D eigenvalue weighted by molar-refractivity contribution is 7.10. The molecule has 0 aliphatic carbocycles. The van der Waals surface area contributed by atoms with Gasteiger partial charge in [0.2, 0.25) is 0 Å². The molecule has 3 heterocycles. The highest BCUT2D eigenvalue weighted by Crippen LogP contribution is 2.32. The molecule has 0 saturated carbocycles. The van der Waals surface area contributed by atoms with Crippen molar-refractivity contribution in [2.75, 3.05) is 6.61 Å². The zero-order valence-electron chi connectivity index (χ0n) is 8.97. The zero-order valence-corrected chi connectivity index (χ0v) is 10.5. The standard InChI is InChI=1S/C11H10ClN3OS/c12-10-4-3-7(14-15-10)8-6-17-11(13-8)9-2-1-5-16-9/h3-4,6,9H,1-2,5H2. The highest BCUT2D eigenvalue weighted by Gasteiger charge is 2.21. The van der Waals surface area contributed by atoms with Gasteiger partial charge < -0.3 is 4.74 Å². The Morgan fingerprint density at radius 2 is 2.24 bits per heavy atom. The van der Waals surface area contributed by atoms with Gasteiger partial charge in [0, 0.05) is 12.0 Å². The van der Waals surface area contributed by atoms with Gasteiger partial charge in [-0.25, -0.2) is 4.98 Å². The first-order valence-electron chi connectivity index (χ1n) is 5.39. The smallest absolute Gasteiger partial charge is 0.151 e. The van der Waals surface area contributed by atoms with Crippen LogP contribution in [0.4, 0.5) is 0 Å². The van der Waals surface area contributed by atoms with E-state index in [0.29, 0.717) is 5.15 Å². The second-order valence-electron chi connectivity index (χ2n) is 3.81. The van der Waals surface area contributed by atoms with Crippen LogP contribution in [0, 0.1) is 0 Å². The van der Waals surface area contributed by atoms with Crippen LogP contribution in [-0.4, -0.2) is 21.8 Å². The minimum absolute atomic E-state index is 0.161. The third-order valence-corrected chi connectivity index (χ3v) is 3.76. The Labute approximate surface area is 108 Å². The van der Waals surface area contributed by atoms with Gasteiger partial charge in [-0.15, -0.1) is 21.5 Å². The lowest BCUT2D eigenvalue weighted by atomic mass is 10.2. The largest absolute Gasteiger partial charge is 0.371 e. The normalized spacial score (nSPS) is 19.7. The van der Waals surface area contributed by atoms with E-state index in [4.69, 9.17) is 16.3 Å². The lowest BCUT2D eigenvalue weighted by molar-refractivity contribution is 0.112. The average Bonchev–Trinajstić information content (AvgIpc) is 3.00. The van der Waals surface area contributed by atoms with E-state index >= 15 is 0 Å². The number of rotatable bonds is 2. The maximum absolute atomic E-state index is 5.70. The lowest BCUT2D eigenvalue weighted by Gasteiger charge is -2.03. The molecule has 1 unspecified atom stereocenters. The predicted octanol–water partition coefficient (Wildman–Crippen LogP) is 3.11. The fourth-order valence-corrected chi connectivity index (χ4v) is 2.77. The van der Waals surface area contributed by atoms with Crippen LogP contribution in [0.1, 0.15) is 24.0 Å². The molecule has 1 fully saturated rings. The van der Waals surface area contributed by atoms with Crippen molar-refractivity contribution in [3.63, 3.8) is 0 Å². The Balaban J connectivity index is 1.86. The summed E-state index contributed by atoms with van der Waals surface area (Å²) in [6.45, 7) is 0.834. The molecule has 0 amide bonds. The van der Waals surface area contributed by atoms with Crippen LogP contribution in [0.5, 0.6) is 0 Å². The van der Waals surface area contributed by atoms with Gasteiger partial charge in [-0.3, -0.25) is 0 Å². The molecule has 2 aromatic rings. The van der Waals surface area contributed by atoms with E-state index in [1.165, 1.54) is 0 Å². The van der Waals surface area contributed by atoms with Crippen molar-refractivity contribution in [1.82, 2.24) is 15.2 Å². The fraction of sp³-hybridized carbons (Fsp3) is 0.364. The predicted molar refractivity (Wildman–Crippen MR) is 66.1 cm³/mol. The topological polar surface area (TPSA) is 47.9 Å². The van der Waals surface area contributed by atoms with Gasteiger partial charge in [-0.05, 0) is 25.0 Å².